The fourth-order valence-corrected chi connectivity index (χ4v) is 2.17. The van der Waals surface area contributed by atoms with Gasteiger partial charge in [-0.1, -0.05) is 0 Å². The lowest BCUT2D eigenvalue weighted by Gasteiger charge is -1.97. The summed E-state index contributed by atoms with van der Waals surface area (Å²) in [4.78, 5) is 0. The third-order valence-corrected chi connectivity index (χ3v) is 2.87. The molecule has 0 spiro atoms. The standard InChI is InChI=1S/C10H3FN2S/c11-9-3-6-1-2-14-10(6)8(5-13)7(9)4-12/h1-3H. The van der Waals surface area contributed by atoms with Gasteiger partial charge in [-0.2, -0.15) is 10.5 Å². The van der Waals surface area contributed by atoms with Crippen molar-refractivity contribution in [2.75, 3.05) is 0 Å². The van der Waals surface area contributed by atoms with Crippen molar-refractivity contribution in [3.63, 3.8) is 0 Å². The first-order chi connectivity index (χ1) is 6.77. The van der Waals surface area contributed by atoms with E-state index in [1.807, 2.05) is 6.07 Å². The van der Waals surface area contributed by atoms with E-state index < -0.39 is 5.82 Å². The SMILES string of the molecule is N#Cc1c(F)cc2ccsc2c1C#N. The first-order valence-electron chi connectivity index (χ1n) is 3.78. The Labute approximate surface area is 83.4 Å². The van der Waals surface area contributed by atoms with Crippen molar-refractivity contribution in [3.05, 3.63) is 34.5 Å². The molecular weight excluding hydrogens is 199 g/mol. The summed E-state index contributed by atoms with van der Waals surface area (Å²) in [7, 11) is 0. The highest BCUT2D eigenvalue weighted by atomic mass is 32.1. The molecule has 1 aromatic carbocycles. The van der Waals surface area contributed by atoms with Gasteiger partial charge in [-0.05, 0) is 22.9 Å². The van der Waals surface area contributed by atoms with Crippen LogP contribution in [0.2, 0.25) is 0 Å². The highest BCUT2D eigenvalue weighted by Gasteiger charge is 2.13. The first-order valence-corrected chi connectivity index (χ1v) is 4.66. The summed E-state index contributed by atoms with van der Waals surface area (Å²) >= 11 is 1.34. The lowest BCUT2D eigenvalue weighted by atomic mass is 10.1. The van der Waals surface area contributed by atoms with Crippen LogP contribution < -0.4 is 0 Å². The van der Waals surface area contributed by atoms with Gasteiger partial charge in [0.15, 0.2) is 0 Å². The number of nitrogens with zero attached hydrogens (tertiary/aromatic N) is 2. The van der Waals surface area contributed by atoms with Gasteiger partial charge in [-0.15, -0.1) is 11.3 Å². The molecule has 2 nitrogen and oxygen atoms in total. The van der Waals surface area contributed by atoms with Gasteiger partial charge in [0.1, 0.15) is 23.5 Å². The molecule has 0 aliphatic heterocycles. The van der Waals surface area contributed by atoms with Crippen LogP contribution in [0.3, 0.4) is 0 Å². The van der Waals surface area contributed by atoms with Crippen LogP contribution in [0.5, 0.6) is 0 Å². The number of hydrogen-bond donors (Lipinski definition) is 0. The molecule has 1 aromatic heterocycles. The molecule has 0 aliphatic rings. The normalized spacial score (nSPS) is 9.64. The number of halogens is 1. The fourth-order valence-electron chi connectivity index (χ4n) is 1.29. The Morgan fingerprint density at radius 2 is 1.93 bits per heavy atom. The minimum absolute atomic E-state index is 0.137. The molecule has 0 saturated heterocycles. The van der Waals surface area contributed by atoms with E-state index in [9.17, 15) is 4.39 Å². The van der Waals surface area contributed by atoms with Gasteiger partial charge < -0.3 is 0 Å². The fraction of sp³-hybridized carbons (Fsp3) is 0. The topological polar surface area (TPSA) is 47.6 Å². The smallest absolute Gasteiger partial charge is 0.143 e. The third kappa shape index (κ3) is 1.06. The zero-order valence-corrected chi connectivity index (χ0v) is 7.73. The van der Waals surface area contributed by atoms with Crippen LogP contribution in [0, 0.1) is 28.5 Å². The number of hydrogen-bond acceptors (Lipinski definition) is 3. The van der Waals surface area contributed by atoms with Crippen LogP contribution in [0.4, 0.5) is 4.39 Å². The maximum atomic E-state index is 13.3. The molecule has 4 heteroatoms. The average Bonchev–Trinajstić information content (AvgIpc) is 2.62. The van der Waals surface area contributed by atoms with E-state index in [1.54, 1.807) is 17.5 Å². The van der Waals surface area contributed by atoms with Gasteiger partial charge >= 0.3 is 0 Å². The largest absolute Gasteiger partial charge is 0.205 e. The monoisotopic (exact) mass is 202 g/mol. The van der Waals surface area contributed by atoms with Gasteiger partial charge in [-0.3, -0.25) is 0 Å². The van der Waals surface area contributed by atoms with Crippen LogP contribution in [-0.2, 0) is 0 Å². The molecule has 66 valence electrons. The Balaban J connectivity index is 3.00. The number of nitriles is 2. The molecule has 0 aliphatic carbocycles. The zero-order chi connectivity index (χ0) is 10.1. The minimum atomic E-state index is -0.630. The molecular formula is C10H3FN2S. The highest BCUT2D eigenvalue weighted by Crippen LogP contribution is 2.28. The second-order valence-electron chi connectivity index (χ2n) is 2.67. The number of rotatable bonds is 0. The molecule has 2 aromatic rings. The quantitative estimate of drug-likeness (QED) is 0.659. The lowest BCUT2D eigenvalue weighted by Crippen LogP contribution is -1.89. The summed E-state index contributed by atoms with van der Waals surface area (Å²) in [6.07, 6.45) is 0. The minimum Gasteiger partial charge on any atom is -0.205 e. The van der Waals surface area contributed by atoms with E-state index in [1.165, 1.54) is 17.4 Å². The van der Waals surface area contributed by atoms with Gasteiger partial charge in [-0.25, -0.2) is 4.39 Å². The predicted octanol–water partition coefficient (Wildman–Crippen LogP) is 2.78. The van der Waals surface area contributed by atoms with Crippen molar-refractivity contribution in [1.29, 1.82) is 10.5 Å². The molecule has 0 amide bonds. The Hall–Kier alpha value is -1.91. The number of fused-ring (bicyclic) bond motifs is 1. The highest BCUT2D eigenvalue weighted by molar-refractivity contribution is 7.17. The van der Waals surface area contributed by atoms with Crippen LogP contribution in [-0.4, -0.2) is 0 Å². The van der Waals surface area contributed by atoms with Gasteiger partial charge in [0, 0.05) is 0 Å². The molecule has 1 heterocycles. The molecule has 14 heavy (non-hydrogen) atoms. The molecule has 2 rings (SSSR count). The number of thiophene rings is 1. The van der Waals surface area contributed by atoms with Crippen LogP contribution in [0.15, 0.2) is 17.5 Å². The second-order valence-corrected chi connectivity index (χ2v) is 3.59. The van der Waals surface area contributed by atoms with Crippen molar-refractivity contribution in [3.8, 4) is 12.1 Å². The second kappa shape index (κ2) is 3.10. The molecule has 0 bridgehead atoms. The van der Waals surface area contributed by atoms with Gasteiger partial charge in [0.05, 0.1) is 10.3 Å². The van der Waals surface area contributed by atoms with Crippen molar-refractivity contribution < 1.29 is 4.39 Å². The summed E-state index contributed by atoms with van der Waals surface area (Å²) in [5.41, 5.74) is -0.0278. The molecule has 0 saturated carbocycles. The van der Waals surface area contributed by atoms with Gasteiger partial charge in [0.25, 0.3) is 0 Å². The van der Waals surface area contributed by atoms with Crippen molar-refractivity contribution >= 4 is 21.4 Å². The maximum Gasteiger partial charge on any atom is 0.143 e. The number of benzene rings is 1. The first kappa shape index (κ1) is 8.68. The van der Waals surface area contributed by atoms with Crippen molar-refractivity contribution in [1.82, 2.24) is 0 Å². The molecule has 0 radical (unpaired) electrons. The van der Waals surface area contributed by atoms with Crippen LogP contribution >= 0.6 is 11.3 Å². The Morgan fingerprint density at radius 1 is 1.21 bits per heavy atom. The molecule has 0 unspecified atom stereocenters. The summed E-state index contributed by atoms with van der Waals surface area (Å²) in [5, 5.41) is 20.0. The lowest BCUT2D eigenvalue weighted by molar-refractivity contribution is 0.625. The average molecular weight is 202 g/mol. The van der Waals surface area contributed by atoms with E-state index in [4.69, 9.17) is 10.5 Å². The molecule has 0 atom stereocenters. The Morgan fingerprint density at radius 3 is 2.57 bits per heavy atom. The summed E-state index contributed by atoms with van der Waals surface area (Å²) in [6.45, 7) is 0. The Kier molecular flexibility index (Phi) is 1.92. The summed E-state index contributed by atoms with van der Waals surface area (Å²) in [6, 6.07) is 6.58. The molecule has 0 N–H and O–H groups in total. The summed E-state index contributed by atoms with van der Waals surface area (Å²) < 4.78 is 13.9. The maximum absolute atomic E-state index is 13.3. The van der Waals surface area contributed by atoms with Crippen LogP contribution in [0.25, 0.3) is 10.1 Å². The van der Waals surface area contributed by atoms with E-state index in [0.29, 0.717) is 10.1 Å². The van der Waals surface area contributed by atoms with E-state index >= 15 is 0 Å². The Bertz CT molecular complexity index is 586. The molecule has 0 fully saturated rings. The summed E-state index contributed by atoms with van der Waals surface area (Å²) in [5.74, 6) is -0.630. The predicted molar refractivity (Wildman–Crippen MR) is 51.2 cm³/mol. The van der Waals surface area contributed by atoms with E-state index in [2.05, 4.69) is 0 Å². The van der Waals surface area contributed by atoms with Crippen molar-refractivity contribution in [2.24, 2.45) is 0 Å². The van der Waals surface area contributed by atoms with E-state index in [0.717, 1.165) is 0 Å². The zero-order valence-electron chi connectivity index (χ0n) is 6.91. The van der Waals surface area contributed by atoms with Crippen molar-refractivity contribution in [2.45, 2.75) is 0 Å². The van der Waals surface area contributed by atoms with E-state index in [-0.39, 0.29) is 11.1 Å². The van der Waals surface area contributed by atoms with Gasteiger partial charge in [0.2, 0.25) is 0 Å². The third-order valence-electron chi connectivity index (χ3n) is 1.92. The van der Waals surface area contributed by atoms with Crippen LogP contribution in [0.1, 0.15) is 11.1 Å².